The van der Waals surface area contributed by atoms with E-state index < -0.39 is 0 Å². The van der Waals surface area contributed by atoms with Crippen LogP contribution in [0.5, 0.6) is 0 Å². The quantitative estimate of drug-likeness (QED) is 0.873. The Balaban J connectivity index is 1.91. The van der Waals surface area contributed by atoms with E-state index in [9.17, 15) is 0 Å². The van der Waals surface area contributed by atoms with Crippen LogP contribution in [-0.4, -0.2) is 18.8 Å². The first-order valence-corrected chi connectivity index (χ1v) is 8.06. The van der Waals surface area contributed by atoms with Gasteiger partial charge in [0.25, 0.3) is 0 Å². The van der Waals surface area contributed by atoms with Crippen molar-refractivity contribution < 1.29 is 4.74 Å². The highest BCUT2D eigenvalue weighted by molar-refractivity contribution is 5.24. The van der Waals surface area contributed by atoms with Gasteiger partial charge in [-0.3, -0.25) is 0 Å². The van der Waals surface area contributed by atoms with Crippen LogP contribution in [0.1, 0.15) is 57.7 Å². The Kier molecular flexibility index (Phi) is 5.62. The standard InChI is InChI=1S/C18H29NO/c1-5-15-6-8-16(9-7-15)14(4)19-17-10-11-20-18(12-17)13(2)3/h6-9,13-14,17-19H,5,10-12H2,1-4H3. The maximum atomic E-state index is 5.85. The van der Waals surface area contributed by atoms with Crippen molar-refractivity contribution in [2.45, 2.75) is 65.1 Å². The Morgan fingerprint density at radius 2 is 1.90 bits per heavy atom. The van der Waals surface area contributed by atoms with Crippen LogP contribution in [0.25, 0.3) is 0 Å². The zero-order valence-corrected chi connectivity index (χ0v) is 13.4. The molecular formula is C18H29NO. The molecular weight excluding hydrogens is 246 g/mol. The molecule has 0 spiro atoms. The van der Waals surface area contributed by atoms with Crippen LogP contribution < -0.4 is 5.32 Å². The lowest BCUT2D eigenvalue weighted by molar-refractivity contribution is -0.0256. The van der Waals surface area contributed by atoms with Crippen LogP contribution in [0.2, 0.25) is 0 Å². The van der Waals surface area contributed by atoms with Gasteiger partial charge in [-0.1, -0.05) is 45.0 Å². The van der Waals surface area contributed by atoms with Crippen molar-refractivity contribution in [2.24, 2.45) is 5.92 Å². The number of hydrogen-bond acceptors (Lipinski definition) is 2. The van der Waals surface area contributed by atoms with Crippen molar-refractivity contribution in [3.63, 3.8) is 0 Å². The lowest BCUT2D eigenvalue weighted by atomic mass is 9.94. The smallest absolute Gasteiger partial charge is 0.0612 e. The maximum Gasteiger partial charge on any atom is 0.0612 e. The second kappa shape index (κ2) is 7.24. The van der Waals surface area contributed by atoms with Gasteiger partial charge in [0.2, 0.25) is 0 Å². The summed E-state index contributed by atoms with van der Waals surface area (Å²) in [6, 6.07) is 10.0. The summed E-state index contributed by atoms with van der Waals surface area (Å²) in [5, 5.41) is 3.78. The predicted octanol–water partition coefficient (Wildman–Crippen LogP) is 4.10. The summed E-state index contributed by atoms with van der Waals surface area (Å²) in [7, 11) is 0. The lowest BCUT2D eigenvalue weighted by Gasteiger charge is -2.34. The van der Waals surface area contributed by atoms with Crippen LogP contribution in [-0.2, 0) is 11.2 Å². The summed E-state index contributed by atoms with van der Waals surface area (Å²) in [5.41, 5.74) is 2.79. The molecule has 1 fully saturated rings. The molecule has 3 unspecified atom stereocenters. The molecule has 1 aromatic carbocycles. The third-order valence-electron chi connectivity index (χ3n) is 4.43. The zero-order chi connectivity index (χ0) is 14.5. The number of nitrogens with one attached hydrogen (secondary N) is 1. The molecule has 2 heteroatoms. The van der Waals surface area contributed by atoms with Crippen molar-refractivity contribution in [2.75, 3.05) is 6.61 Å². The highest BCUT2D eigenvalue weighted by atomic mass is 16.5. The molecule has 3 atom stereocenters. The van der Waals surface area contributed by atoms with E-state index >= 15 is 0 Å². The van der Waals surface area contributed by atoms with Crippen LogP contribution in [0.3, 0.4) is 0 Å². The van der Waals surface area contributed by atoms with Gasteiger partial charge in [-0.05, 0) is 43.2 Å². The fourth-order valence-corrected chi connectivity index (χ4v) is 2.94. The van der Waals surface area contributed by atoms with E-state index in [4.69, 9.17) is 4.74 Å². The molecule has 0 radical (unpaired) electrons. The molecule has 2 nitrogen and oxygen atoms in total. The van der Waals surface area contributed by atoms with Gasteiger partial charge in [0, 0.05) is 18.7 Å². The molecule has 1 saturated heterocycles. The molecule has 0 bridgehead atoms. The van der Waals surface area contributed by atoms with Crippen LogP contribution in [0.4, 0.5) is 0 Å². The normalized spacial score (nSPS) is 24.9. The SMILES string of the molecule is CCc1ccc(C(C)NC2CCOC(C(C)C)C2)cc1. The van der Waals surface area contributed by atoms with Crippen molar-refractivity contribution in [3.8, 4) is 0 Å². The third kappa shape index (κ3) is 4.07. The number of ether oxygens (including phenoxy) is 1. The first-order chi connectivity index (χ1) is 9.60. The number of benzene rings is 1. The van der Waals surface area contributed by atoms with E-state index in [-0.39, 0.29) is 0 Å². The average Bonchev–Trinajstić information content (AvgIpc) is 2.47. The molecule has 1 heterocycles. The van der Waals surface area contributed by atoms with Crippen LogP contribution in [0, 0.1) is 5.92 Å². The zero-order valence-electron chi connectivity index (χ0n) is 13.4. The number of aryl methyl sites for hydroxylation is 1. The highest BCUT2D eigenvalue weighted by Gasteiger charge is 2.25. The minimum atomic E-state index is 0.413. The van der Waals surface area contributed by atoms with E-state index in [1.807, 2.05) is 0 Å². The fraction of sp³-hybridized carbons (Fsp3) is 0.667. The summed E-state index contributed by atoms with van der Waals surface area (Å²) < 4.78 is 5.85. The van der Waals surface area contributed by atoms with Gasteiger partial charge < -0.3 is 10.1 Å². The Hall–Kier alpha value is -0.860. The van der Waals surface area contributed by atoms with Crippen LogP contribution >= 0.6 is 0 Å². The van der Waals surface area contributed by atoms with E-state index in [0.29, 0.717) is 24.1 Å². The molecule has 1 N–H and O–H groups in total. The summed E-state index contributed by atoms with van der Waals surface area (Å²) in [6.07, 6.45) is 3.78. The second-order valence-corrected chi connectivity index (χ2v) is 6.36. The molecule has 2 rings (SSSR count). The van der Waals surface area contributed by atoms with E-state index in [1.165, 1.54) is 11.1 Å². The minimum absolute atomic E-state index is 0.413. The molecule has 112 valence electrons. The molecule has 1 aliphatic heterocycles. The Morgan fingerprint density at radius 1 is 1.20 bits per heavy atom. The minimum Gasteiger partial charge on any atom is -0.378 e. The third-order valence-corrected chi connectivity index (χ3v) is 4.43. The molecule has 0 aliphatic carbocycles. The number of rotatable bonds is 5. The van der Waals surface area contributed by atoms with Gasteiger partial charge in [0.1, 0.15) is 0 Å². The van der Waals surface area contributed by atoms with Crippen LogP contribution in [0.15, 0.2) is 24.3 Å². The summed E-state index contributed by atoms with van der Waals surface area (Å²) in [4.78, 5) is 0. The van der Waals surface area contributed by atoms with Gasteiger partial charge in [-0.2, -0.15) is 0 Å². The molecule has 0 aromatic heterocycles. The Labute approximate surface area is 123 Å². The van der Waals surface area contributed by atoms with E-state index in [0.717, 1.165) is 25.9 Å². The Bertz CT molecular complexity index is 398. The average molecular weight is 275 g/mol. The highest BCUT2D eigenvalue weighted by Crippen LogP contribution is 2.23. The molecule has 20 heavy (non-hydrogen) atoms. The van der Waals surface area contributed by atoms with Crippen molar-refractivity contribution in [3.05, 3.63) is 35.4 Å². The second-order valence-electron chi connectivity index (χ2n) is 6.36. The summed E-state index contributed by atoms with van der Waals surface area (Å²) in [6.45, 7) is 9.85. The van der Waals surface area contributed by atoms with Gasteiger partial charge in [0.15, 0.2) is 0 Å². The van der Waals surface area contributed by atoms with Crippen molar-refractivity contribution >= 4 is 0 Å². The number of hydrogen-bond donors (Lipinski definition) is 1. The summed E-state index contributed by atoms with van der Waals surface area (Å²) >= 11 is 0. The Morgan fingerprint density at radius 3 is 2.50 bits per heavy atom. The predicted molar refractivity (Wildman–Crippen MR) is 85.0 cm³/mol. The largest absolute Gasteiger partial charge is 0.378 e. The van der Waals surface area contributed by atoms with Gasteiger partial charge in [-0.15, -0.1) is 0 Å². The first-order valence-electron chi connectivity index (χ1n) is 8.06. The topological polar surface area (TPSA) is 21.3 Å². The maximum absolute atomic E-state index is 5.85. The first kappa shape index (κ1) is 15.5. The van der Waals surface area contributed by atoms with Crippen molar-refractivity contribution in [1.82, 2.24) is 5.32 Å². The monoisotopic (exact) mass is 275 g/mol. The van der Waals surface area contributed by atoms with Crippen molar-refractivity contribution in [1.29, 1.82) is 0 Å². The molecule has 0 saturated carbocycles. The van der Waals surface area contributed by atoms with E-state index in [1.54, 1.807) is 0 Å². The lowest BCUT2D eigenvalue weighted by Crippen LogP contribution is -2.41. The van der Waals surface area contributed by atoms with Gasteiger partial charge in [-0.25, -0.2) is 0 Å². The molecule has 1 aromatic rings. The summed E-state index contributed by atoms with van der Waals surface area (Å²) in [5.74, 6) is 0.610. The van der Waals surface area contributed by atoms with Gasteiger partial charge >= 0.3 is 0 Å². The molecule has 1 aliphatic rings. The molecule has 0 amide bonds. The fourth-order valence-electron chi connectivity index (χ4n) is 2.94. The van der Waals surface area contributed by atoms with Gasteiger partial charge in [0.05, 0.1) is 6.10 Å². The van der Waals surface area contributed by atoms with E-state index in [2.05, 4.69) is 57.3 Å².